The molecule has 4 aliphatic rings. The van der Waals surface area contributed by atoms with Gasteiger partial charge in [0.15, 0.2) is 0 Å². The van der Waals surface area contributed by atoms with Gasteiger partial charge >= 0.3 is 0 Å². The fourth-order valence-electron chi connectivity index (χ4n) is 6.09. The van der Waals surface area contributed by atoms with E-state index in [1.165, 1.54) is 0 Å². The van der Waals surface area contributed by atoms with Crippen LogP contribution in [0.2, 0.25) is 0 Å². The first-order valence-electron chi connectivity index (χ1n) is 9.40. The average Bonchev–Trinajstić information content (AvgIpc) is 2.48. The van der Waals surface area contributed by atoms with Gasteiger partial charge in [0.25, 0.3) is 0 Å². The molecular formula is C20H30O4. The van der Waals surface area contributed by atoms with Crippen molar-refractivity contribution < 1.29 is 19.7 Å². The maximum Gasteiger partial charge on any atom is 0.141 e. The van der Waals surface area contributed by atoms with Gasteiger partial charge in [-0.1, -0.05) is 20.8 Å². The normalized spacial score (nSPS) is 56.3. The van der Waals surface area contributed by atoms with Gasteiger partial charge in [-0.15, -0.1) is 0 Å². The summed E-state index contributed by atoms with van der Waals surface area (Å²) < 4.78 is 5.64. The molecule has 0 aromatic rings. The van der Waals surface area contributed by atoms with Gasteiger partial charge in [-0.3, -0.25) is 4.79 Å². The smallest absolute Gasteiger partial charge is 0.141 e. The van der Waals surface area contributed by atoms with E-state index in [1.807, 2.05) is 6.92 Å². The van der Waals surface area contributed by atoms with Crippen LogP contribution in [0.1, 0.15) is 53.4 Å². The highest BCUT2D eigenvalue weighted by molar-refractivity contribution is 5.86. The number of hydrogen-bond acceptors (Lipinski definition) is 4. The first-order chi connectivity index (χ1) is 11.1. The maximum atomic E-state index is 13.3. The van der Waals surface area contributed by atoms with Crippen molar-refractivity contribution in [2.75, 3.05) is 6.61 Å². The lowest BCUT2D eigenvalue weighted by atomic mass is 9.45. The van der Waals surface area contributed by atoms with Gasteiger partial charge in [-0.2, -0.15) is 0 Å². The minimum atomic E-state index is -0.867. The van der Waals surface area contributed by atoms with E-state index in [-0.39, 0.29) is 41.0 Å². The number of carbonyl (C=O) groups excluding carboxylic acids is 1. The Morgan fingerprint density at radius 2 is 1.96 bits per heavy atom. The van der Waals surface area contributed by atoms with E-state index in [4.69, 9.17) is 4.74 Å². The Hall–Kier alpha value is -0.450. The Morgan fingerprint density at radius 1 is 1.25 bits per heavy atom. The SMILES string of the molecule is CC1[C]CC2(O)CC3C4COC4CC(O)C3(C)C(=O)CC1C2(C)C. The molecule has 2 radical (unpaired) electrons. The summed E-state index contributed by atoms with van der Waals surface area (Å²) in [6, 6.07) is 0. The molecule has 0 aromatic heterocycles. The van der Waals surface area contributed by atoms with Crippen LogP contribution in [0.3, 0.4) is 0 Å². The topological polar surface area (TPSA) is 66.8 Å². The second kappa shape index (κ2) is 5.05. The number of ketones is 1. The molecule has 24 heavy (non-hydrogen) atoms. The summed E-state index contributed by atoms with van der Waals surface area (Å²) in [5.41, 5.74) is -1.96. The van der Waals surface area contributed by atoms with Crippen LogP contribution >= 0.6 is 0 Å². The fourth-order valence-corrected chi connectivity index (χ4v) is 6.09. The Balaban J connectivity index is 1.80. The number of fused-ring (bicyclic) bond motifs is 5. The van der Waals surface area contributed by atoms with E-state index < -0.39 is 17.1 Å². The highest BCUT2D eigenvalue weighted by Gasteiger charge is 2.65. The lowest BCUT2D eigenvalue weighted by molar-refractivity contribution is -0.247. The Bertz CT molecular complexity index is 558. The van der Waals surface area contributed by atoms with Crippen LogP contribution in [0, 0.1) is 40.9 Å². The molecule has 8 unspecified atom stereocenters. The summed E-state index contributed by atoms with van der Waals surface area (Å²) in [6.07, 6.45) is 4.88. The molecule has 1 aliphatic heterocycles. The highest BCUT2D eigenvalue weighted by atomic mass is 16.5. The van der Waals surface area contributed by atoms with E-state index in [0.29, 0.717) is 32.3 Å². The highest BCUT2D eigenvalue weighted by Crippen LogP contribution is 2.61. The molecule has 2 N–H and O–H groups in total. The summed E-state index contributed by atoms with van der Waals surface area (Å²) >= 11 is 0. The number of hydrogen-bond donors (Lipinski definition) is 2. The van der Waals surface area contributed by atoms with Crippen LogP contribution in [-0.2, 0) is 9.53 Å². The zero-order chi connectivity index (χ0) is 17.5. The molecule has 4 fully saturated rings. The van der Waals surface area contributed by atoms with Crippen LogP contribution in [0.5, 0.6) is 0 Å². The molecule has 3 saturated carbocycles. The second-order valence-electron chi connectivity index (χ2n) is 9.54. The van der Waals surface area contributed by atoms with Crippen LogP contribution in [0.25, 0.3) is 0 Å². The third-order valence-corrected chi connectivity index (χ3v) is 8.43. The predicted molar refractivity (Wildman–Crippen MR) is 88.9 cm³/mol. The van der Waals surface area contributed by atoms with Crippen LogP contribution in [0.15, 0.2) is 0 Å². The average molecular weight is 334 g/mol. The monoisotopic (exact) mass is 334 g/mol. The minimum absolute atomic E-state index is 0.0204. The largest absolute Gasteiger partial charge is 0.392 e. The summed E-state index contributed by atoms with van der Waals surface area (Å²) in [6.45, 7) is 8.91. The molecular weight excluding hydrogens is 304 g/mol. The van der Waals surface area contributed by atoms with Crippen molar-refractivity contribution in [2.45, 2.75) is 71.2 Å². The van der Waals surface area contributed by atoms with E-state index >= 15 is 0 Å². The lowest BCUT2D eigenvalue weighted by Crippen LogP contribution is -2.67. The van der Waals surface area contributed by atoms with Crippen molar-refractivity contribution in [1.82, 2.24) is 0 Å². The van der Waals surface area contributed by atoms with Crippen molar-refractivity contribution in [3.8, 4) is 0 Å². The lowest BCUT2D eigenvalue weighted by Gasteiger charge is -2.63. The van der Waals surface area contributed by atoms with Crippen molar-refractivity contribution in [1.29, 1.82) is 0 Å². The zero-order valence-corrected chi connectivity index (χ0v) is 15.2. The molecule has 1 saturated heterocycles. The third-order valence-electron chi connectivity index (χ3n) is 8.43. The van der Waals surface area contributed by atoms with E-state index in [2.05, 4.69) is 27.2 Å². The van der Waals surface area contributed by atoms with Crippen LogP contribution in [-0.4, -0.2) is 40.4 Å². The van der Waals surface area contributed by atoms with E-state index in [0.717, 1.165) is 0 Å². The number of aliphatic hydroxyl groups excluding tert-OH is 1. The summed E-state index contributed by atoms with van der Waals surface area (Å²) in [5.74, 6) is 0.681. The first kappa shape index (κ1) is 17.0. The standard InChI is InChI=1S/C20H30O4/c1-11-5-6-20(23)9-14-12-10-24-15(12)8-17(22)19(14,4)16(21)7-13(11)18(20,2)3/h11-15,17,22-23H,6-10H2,1-4H3. The minimum Gasteiger partial charge on any atom is -0.392 e. The van der Waals surface area contributed by atoms with Gasteiger partial charge in [0.1, 0.15) is 5.78 Å². The zero-order valence-electron chi connectivity index (χ0n) is 15.2. The quantitative estimate of drug-likeness (QED) is 0.713. The molecule has 8 atom stereocenters. The molecule has 4 nitrogen and oxygen atoms in total. The Kier molecular flexibility index (Phi) is 3.57. The second-order valence-corrected chi connectivity index (χ2v) is 9.54. The summed E-state index contributed by atoms with van der Waals surface area (Å²) in [5, 5.41) is 22.4. The molecule has 134 valence electrons. The van der Waals surface area contributed by atoms with Gasteiger partial charge in [-0.05, 0) is 49.4 Å². The van der Waals surface area contributed by atoms with E-state index in [1.54, 1.807) is 0 Å². The van der Waals surface area contributed by atoms with Gasteiger partial charge in [0.2, 0.25) is 0 Å². The van der Waals surface area contributed by atoms with Crippen molar-refractivity contribution in [2.24, 2.45) is 34.5 Å². The van der Waals surface area contributed by atoms with Gasteiger partial charge in [-0.25, -0.2) is 0 Å². The molecule has 0 spiro atoms. The maximum absolute atomic E-state index is 13.3. The van der Waals surface area contributed by atoms with Crippen molar-refractivity contribution in [3.05, 3.63) is 6.42 Å². The molecule has 2 bridgehead atoms. The number of carbonyl (C=O) groups is 1. The van der Waals surface area contributed by atoms with Gasteiger partial charge in [0.05, 0.1) is 29.8 Å². The van der Waals surface area contributed by atoms with Crippen molar-refractivity contribution >= 4 is 5.78 Å². The molecule has 0 amide bonds. The molecule has 4 heteroatoms. The summed E-state index contributed by atoms with van der Waals surface area (Å²) in [4.78, 5) is 13.3. The number of rotatable bonds is 0. The molecule has 0 aromatic carbocycles. The van der Waals surface area contributed by atoms with E-state index in [9.17, 15) is 15.0 Å². The Morgan fingerprint density at radius 3 is 2.58 bits per heavy atom. The van der Waals surface area contributed by atoms with Crippen molar-refractivity contribution in [3.63, 3.8) is 0 Å². The Labute approximate surface area is 145 Å². The fraction of sp³-hybridized carbons (Fsp3) is 0.900. The third kappa shape index (κ3) is 1.94. The van der Waals surface area contributed by atoms with Crippen LogP contribution < -0.4 is 0 Å². The number of ether oxygens (including phenoxy) is 1. The van der Waals surface area contributed by atoms with Gasteiger partial charge < -0.3 is 14.9 Å². The summed E-state index contributed by atoms with van der Waals surface area (Å²) in [7, 11) is 0. The molecule has 4 rings (SSSR count). The first-order valence-corrected chi connectivity index (χ1v) is 9.40. The van der Waals surface area contributed by atoms with Gasteiger partial charge in [0, 0.05) is 18.8 Å². The number of aliphatic hydroxyl groups is 2. The van der Waals surface area contributed by atoms with Crippen LogP contribution in [0.4, 0.5) is 0 Å². The predicted octanol–water partition coefficient (Wildman–Crippen LogP) is 2.25. The molecule has 3 aliphatic carbocycles. The number of Topliss-reactive ketones (excluding diaryl/α,β-unsaturated/α-hetero) is 1. The molecule has 1 heterocycles.